The molecule has 3 aromatic rings. The predicted octanol–water partition coefficient (Wildman–Crippen LogP) is 1.29. The van der Waals surface area contributed by atoms with Gasteiger partial charge in [0.15, 0.2) is 0 Å². The molecule has 0 aliphatic heterocycles. The van der Waals surface area contributed by atoms with Gasteiger partial charge in [-0.05, 0) is 36.8 Å². The average Bonchev–Trinajstić information content (AvgIpc) is 2.80. The number of rotatable bonds is 7. The summed E-state index contributed by atoms with van der Waals surface area (Å²) < 4.78 is 27.4. The molecule has 0 radical (unpaired) electrons. The van der Waals surface area contributed by atoms with Gasteiger partial charge >= 0.3 is 0 Å². The van der Waals surface area contributed by atoms with Gasteiger partial charge in [-0.25, -0.2) is 8.42 Å². The number of aryl methyl sites for hydroxylation is 1. The highest BCUT2D eigenvalue weighted by Gasteiger charge is 2.23. The number of amides is 2. The molecule has 2 amide bonds. The van der Waals surface area contributed by atoms with Gasteiger partial charge in [-0.1, -0.05) is 48.0 Å². The summed E-state index contributed by atoms with van der Waals surface area (Å²) in [5.41, 5.74) is 5.43. The molecule has 10 heteroatoms. The molecule has 0 spiro atoms. The van der Waals surface area contributed by atoms with Crippen molar-refractivity contribution in [2.75, 3.05) is 13.6 Å². The second kappa shape index (κ2) is 10.2. The molecule has 1 heterocycles. The van der Waals surface area contributed by atoms with Gasteiger partial charge in [0.25, 0.3) is 17.4 Å². The van der Waals surface area contributed by atoms with Gasteiger partial charge in [0.2, 0.25) is 10.0 Å². The topological polar surface area (TPSA) is 118 Å². The standard InChI is InChI=1S/C23H24N4O5S/c1-17-10-12-19(13-11-17)33(31,32)26(2)16-21(28)24-25-22(29)20-9-6-14-27(23(20)30)15-18-7-4-3-5-8-18/h3-14H,15-16H2,1-2H3,(H,24,28)(H,25,29). The second-order valence-corrected chi connectivity index (χ2v) is 9.46. The SMILES string of the molecule is Cc1ccc(S(=O)(=O)N(C)CC(=O)NNC(=O)c2cccn(Cc3ccccc3)c2=O)cc1. The number of carbonyl (C=O) groups is 2. The molecule has 0 aliphatic carbocycles. The van der Waals surface area contributed by atoms with E-state index < -0.39 is 33.9 Å². The summed E-state index contributed by atoms with van der Waals surface area (Å²) in [6.07, 6.45) is 1.57. The highest BCUT2D eigenvalue weighted by Crippen LogP contribution is 2.14. The van der Waals surface area contributed by atoms with E-state index in [1.54, 1.807) is 24.4 Å². The number of nitrogens with one attached hydrogen (secondary N) is 2. The second-order valence-electron chi connectivity index (χ2n) is 7.42. The highest BCUT2D eigenvalue weighted by atomic mass is 32.2. The van der Waals surface area contributed by atoms with Crippen molar-refractivity contribution in [2.24, 2.45) is 0 Å². The molecular formula is C23H24N4O5S. The number of nitrogens with zero attached hydrogens (tertiary/aromatic N) is 2. The minimum atomic E-state index is -3.88. The van der Waals surface area contributed by atoms with Crippen molar-refractivity contribution < 1.29 is 18.0 Å². The van der Waals surface area contributed by atoms with Crippen molar-refractivity contribution in [3.8, 4) is 0 Å². The fraction of sp³-hybridized carbons (Fsp3) is 0.174. The summed E-state index contributed by atoms with van der Waals surface area (Å²) in [4.78, 5) is 37.3. The number of carbonyl (C=O) groups excluding carboxylic acids is 2. The van der Waals surface area contributed by atoms with Crippen LogP contribution in [0.15, 0.2) is 82.6 Å². The lowest BCUT2D eigenvalue weighted by molar-refractivity contribution is -0.121. The summed E-state index contributed by atoms with van der Waals surface area (Å²) in [7, 11) is -2.62. The fourth-order valence-electron chi connectivity index (χ4n) is 3.03. The van der Waals surface area contributed by atoms with Crippen molar-refractivity contribution in [1.29, 1.82) is 0 Å². The molecule has 0 saturated heterocycles. The van der Waals surface area contributed by atoms with Crippen LogP contribution in [0.5, 0.6) is 0 Å². The molecule has 0 atom stereocenters. The van der Waals surface area contributed by atoms with Gasteiger partial charge in [-0.3, -0.25) is 25.2 Å². The van der Waals surface area contributed by atoms with Crippen LogP contribution in [0.3, 0.4) is 0 Å². The number of pyridine rings is 1. The van der Waals surface area contributed by atoms with Gasteiger partial charge in [-0.2, -0.15) is 4.31 Å². The molecule has 0 bridgehead atoms. The van der Waals surface area contributed by atoms with Gasteiger partial charge in [0.05, 0.1) is 18.0 Å². The van der Waals surface area contributed by atoms with Crippen molar-refractivity contribution in [1.82, 2.24) is 19.7 Å². The first-order valence-corrected chi connectivity index (χ1v) is 11.5. The van der Waals surface area contributed by atoms with E-state index >= 15 is 0 Å². The lowest BCUT2D eigenvalue weighted by Crippen LogP contribution is -2.48. The zero-order valence-corrected chi connectivity index (χ0v) is 19.0. The maximum atomic E-state index is 12.7. The lowest BCUT2D eigenvalue weighted by Gasteiger charge is -2.17. The van der Waals surface area contributed by atoms with E-state index in [-0.39, 0.29) is 17.0 Å². The zero-order chi connectivity index (χ0) is 24.0. The summed E-state index contributed by atoms with van der Waals surface area (Å²) in [5, 5.41) is 0. The summed E-state index contributed by atoms with van der Waals surface area (Å²) in [5.74, 6) is -1.57. The number of benzene rings is 2. The van der Waals surface area contributed by atoms with Gasteiger partial charge < -0.3 is 4.57 Å². The third-order valence-corrected chi connectivity index (χ3v) is 6.69. The van der Waals surface area contributed by atoms with Crippen molar-refractivity contribution in [3.63, 3.8) is 0 Å². The Kier molecular flexibility index (Phi) is 7.41. The molecule has 0 unspecified atom stereocenters. The van der Waals surface area contributed by atoms with E-state index in [0.717, 1.165) is 15.4 Å². The number of likely N-dealkylation sites (N-methyl/N-ethyl adjacent to an activating group) is 1. The lowest BCUT2D eigenvalue weighted by atomic mass is 10.2. The Labute approximate surface area is 191 Å². The minimum Gasteiger partial charge on any atom is -0.310 e. The van der Waals surface area contributed by atoms with Crippen molar-refractivity contribution in [3.05, 3.63) is 100.0 Å². The van der Waals surface area contributed by atoms with Crippen LogP contribution in [0.4, 0.5) is 0 Å². The first-order valence-electron chi connectivity index (χ1n) is 10.0. The molecule has 0 saturated carbocycles. The molecule has 172 valence electrons. The molecule has 2 aromatic carbocycles. The van der Waals surface area contributed by atoms with Crippen LogP contribution < -0.4 is 16.4 Å². The Morgan fingerprint density at radius 1 is 0.939 bits per heavy atom. The number of hydrazine groups is 1. The van der Waals surface area contributed by atoms with E-state index in [0.29, 0.717) is 0 Å². The quantitative estimate of drug-likeness (QED) is 0.507. The monoisotopic (exact) mass is 468 g/mol. The Morgan fingerprint density at radius 3 is 2.27 bits per heavy atom. The van der Waals surface area contributed by atoms with Crippen LogP contribution in [0.25, 0.3) is 0 Å². The van der Waals surface area contributed by atoms with Crippen molar-refractivity contribution >= 4 is 21.8 Å². The first-order chi connectivity index (χ1) is 15.7. The molecule has 9 nitrogen and oxygen atoms in total. The fourth-order valence-corrected chi connectivity index (χ4v) is 4.15. The van der Waals surface area contributed by atoms with Gasteiger partial charge in [-0.15, -0.1) is 0 Å². The number of hydrogen-bond donors (Lipinski definition) is 2. The van der Waals surface area contributed by atoms with Crippen LogP contribution in [0.1, 0.15) is 21.5 Å². The maximum absolute atomic E-state index is 12.7. The first kappa shape index (κ1) is 23.9. The molecule has 33 heavy (non-hydrogen) atoms. The Bertz CT molecular complexity index is 1300. The molecule has 0 aliphatic rings. The van der Waals surface area contributed by atoms with Crippen molar-refractivity contribution in [2.45, 2.75) is 18.4 Å². The van der Waals surface area contributed by atoms with E-state index in [1.165, 1.54) is 29.8 Å². The zero-order valence-electron chi connectivity index (χ0n) is 18.2. The smallest absolute Gasteiger partial charge is 0.275 e. The summed E-state index contributed by atoms with van der Waals surface area (Å²) in [6, 6.07) is 18.4. The van der Waals surface area contributed by atoms with E-state index in [1.807, 2.05) is 37.3 Å². The van der Waals surface area contributed by atoms with Crippen LogP contribution in [-0.4, -0.2) is 42.7 Å². The normalized spacial score (nSPS) is 11.2. The number of sulfonamides is 1. The van der Waals surface area contributed by atoms with Gasteiger partial charge in [0.1, 0.15) is 5.56 Å². The van der Waals surface area contributed by atoms with Crippen LogP contribution >= 0.6 is 0 Å². The molecule has 2 N–H and O–H groups in total. The molecule has 0 fully saturated rings. The van der Waals surface area contributed by atoms with Crippen LogP contribution in [-0.2, 0) is 21.4 Å². The minimum absolute atomic E-state index is 0.0516. The molecular weight excluding hydrogens is 444 g/mol. The summed E-state index contributed by atoms with van der Waals surface area (Å²) >= 11 is 0. The Hall–Kier alpha value is -3.76. The average molecular weight is 469 g/mol. The third kappa shape index (κ3) is 5.93. The molecule has 1 aromatic heterocycles. The Morgan fingerprint density at radius 2 is 1.61 bits per heavy atom. The van der Waals surface area contributed by atoms with E-state index in [2.05, 4.69) is 10.9 Å². The van der Waals surface area contributed by atoms with Crippen LogP contribution in [0, 0.1) is 6.92 Å². The predicted molar refractivity (Wildman–Crippen MR) is 123 cm³/mol. The van der Waals surface area contributed by atoms with E-state index in [4.69, 9.17) is 0 Å². The third-order valence-electron chi connectivity index (χ3n) is 4.87. The number of hydrogen-bond acceptors (Lipinski definition) is 5. The number of aromatic nitrogens is 1. The van der Waals surface area contributed by atoms with Crippen LogP contribution in [0.2, 0.25) is 0 Å². The Balaban J connectivity index is 1.61. The van der Waals surface area contributed by atoms with Gasteiger partial charge in [0, 0.05) is 13.2 Å². The summed E-state index contributed by atoms with van der Waals surface area (Å²) in [6.45, 7) is 1.59. The molecule has 3 rings (SSSR count). The maximum Gasteiger partial charge on any atom is 0.275 e. The largest absolute Gasteiger partial charge is 0.310 e. The highest BCUT2D eigenvalue weighted by molar-refractivity contribution is 7.89. The van der Waals surface area contributed by atoms with E-state index in [9.17, 15) is 22.8 Å².